The van der Waals surface area contributed by atoms with E-state index in [2.05, 4.69) is 16.5 Å². The SMILES string of the molecule is CCC1CCC(Cn2cncc2C(C)N)CC1. The van der Waals surface area contributed by atoms with Crippen LogP contribution in [0.1, 0.15) is 57.7 Å². The van der Waals surface area contributed by atoms with E-state index in [1.165, 1.54) is 37.8 Å². The second-order valence-electron chi connectivity index (χ2n) is 5.55. The van der Waals surface area contributed by atoms with Crippen LogP contribution in [0.15, 0.2) is 12.5 Å². The first-order chi connectivity index (χ1) is 8.20. The second-order valence-corrected chi connectivity index (χ2v) is 5.55. The zero-order valence-corrected chi connectivity index (χ0v) is 11.1. The predicted molar refractivity (Wildman–Crippen MR) is 70.6 cm³/mol. The highest BCUT2D eigenvalue weighted by molar-refractivity contribution is 5.03. The lowest BCUT2D eigenvalue weighted by atomic mass is 9.81. The Kier molecular flexibility index (Phi) is 4.21. The van der Waals surface area contributed by atoms with Crippen molar-refractivity contribution in [1.82, 2.24) is 9.55 Å². The van der Waals surface area contributed by atoms with Gasteiger partial charge < -0.3 is 10.3 Å². The molecule has 1 aromatic rings. The summed E-state index contributed by atoms with van der Waals surface area (Å²) >= 11 is 0. The molecule has 0 aromatic carbocycles. The Morgan fingerprint density at radius 1 is 1.35 bits per heavy atom. The van der Waals surface area contributed by atoms with E-state index >= 15 is 0 Å². The molecule has 0 amide bonds. The summed E-state index contributed by atoms with van der Waals surface area (Å²) < 4.78 is 2.25. The molecule has 0 saturated heterocycles. The van der Waals surface area contributed by atoms with Gasteiger partial charge in [-0.1, -0.05) is 26.2 Å². The lowest BCUT2D eigenvalue weighted by Crippen LogP contribution is -2.21. The number of nitrogens with two attached hydrogens (primary N) is 1. The third-order valence-corrected chi connectivity index (χ3v) is 4.21. The van der Waals surface area contributed by atoms with E-state index in [1.54, 1.807) is 0 Å². The van der Waals surface area contributed by atoms with Crippen molar-refractivity contribution in [3.05, 3.63) is 18.2 Å². The molecule has 2 N–H and O–H groups in total. The molecule has 0 radical (unpaired) electrons. The monoisotopic (exact) mass is 235 g/mol. The molecule has 1 heterocycles. The van der Waals surface area contributed by atoms with Gasteiger partial charge in [-0.2, -0.15) is 0 Å². The van der Waals surface area contributed by atoms with Gasteiger partial charge in [-0.25, -0.2) is 4.98 Å². The van der Waals surface area contributed by atoms with E-state index in [9.17, 15) is 0 Å². The van der Waals surface area contributed by atoms with Crippen molar-refractivity contribution >= 4 is 0 Å². The molecule has 3 nitrogen and oxygen atoms in total. The molecule has 1 unspecified atom stereocenters. The van der Waals surface area contributed by atoms with E-state index in [0.29, 0.717) is 0 Å². The van der Waals surface area contributed by atoms with Crippen molar-refractivity contribution in [1.29, 1.82) is 0 Å². The van der Waals surface area contributed by atoms with Crippen LogP contribution in [-0.2, 0) is 6.54 Å². The Balaban J connectivity index is 1.91. The van der Waals surface area contributed by atoms with Crippen molar-refractivity contribution in [2.75, 3.05) is 0 Å². The van der Waals surface area contributed by atoms with Gasteiger partial charge >= 0.3 is 0 Å². The summed E-state index contributed by atoms with van der Waals surface area (Å²) in [6, 6.07) is 0.0875. The molecule has 0 aliphatic heterocycles. The van der Waals surface area contributed by atoms with Crippen LogP contribution in [0, 0.1) is 11.8 Å². The van der Waals surface area contributed by atoms with Crippen LogP contribution in [-0.4, -0.2) is 9.55 Å². The van der Waals surface area contributed by atoms with Crippen LogP contribution in [0.4, 0.5) is 0 Å². The zero-order valence-electron chi connectivity index (χ0n) is 11.1. The highest BCUT2D eigenvalue weighted by Crippen LogP contribution is 2.31. The Morgan fingerprint density at radius 3 is 2.59 bits per heavy atom. The first-order valence-corrected chi connectivity index (χ1v) is 6.96. The largest absolute Gasteiger partial charge is 0.333 e. The molecular formula is C14H25N3. The third-order valence-electron chi connectivity index (χ3n) is 4.21. The molecule has 1 atom stereocenters. The highest BCUT2D eigenvalue weighted by atomic mass is 15.1. The van der Waals surface area contributed by atoms with Gasteiger partial charge in [-0.05, 0) is 31.6 Å². The maximum absolute atomic E-state index is 5.95. The summed E-state index contributed by atoms with van der Waals surface area (Å²) in [7, 11) is 0. The lowest BCUT2D eigenvalue weighted by Gasteiger charge is -2.28. The minimum atomic E-state index is 0.0875. The van der Waals surface area contributed by atoms with Crippen LogP contribution in [0.5, 0.6) is 0 Å². The fourth-order valence-electron chi connectivity index (χ4n) is 2.96. The Bertz CT molecular complexity index is 335. The summed E-state index contributed by atoms with van der Waals surface area (Å²) in [5.41, 5.74) is 7.12. The van der Waals surface area contributed by atoms with Crippen molar-refractivity contribution in [2.24, 2.45) is 17.6 Å². The average molecular weight is 235 g/mol. The van der Waals surface area contributed by atoms with Crippen LogP contribution in [0.25, 0.3) is 0 Å². The van der Waals surface area contributed by atoms with Crippen molar-refractivity contribution in [3.63, 3.8) is 0 Å². The fourth-order valence-corrected chi connectivity index (χ4v) is 2.96. The van der Waals surface area contributed by atoms with Gasteiger partial charge in [0.2, 0.25) is 0 Å². The quantitative estimate of drug-likeness (QED) is 0.871. The third kappa shape index (κ3) is 3.09. The van der Waals surface area contributed by atoms with Gasteiger partial charge in [-0.15, -0.1) is 0 Å². The van der Waals surface area contributed by atoms with E-state index in [1.807, 2.05) is 19.4 Å². The van der Waals surface area contributed by atoms with Crippen molar-refractivity contribution in [2.45, 2.75) is 58.5 Å². The van der Waals surface area contributed by atoms with Crippen LogP contribution in [0.3, 0.4) is 0 Å². The van der Waals surface area contributed by atoms with E-state index < -0.39 is 0 Å². The average Bonchev–Trinajstić information content (AvgIpc) is 2.78. The normalized spacial score (nSPS) is 27.0. The van der Waals surface area contributed by atoms with Crippen molar-refractivity contribution < 1.29 is 0 Å². The summed E-state index contributed by atoms with van der Waals surface area (Å²) in [6.45, 7) is 5.45. The summed E-state index contributed by atoms with van der Waals surface area (Å²) in [6.07, 6.45) is 10.7. The molecule has 3 heteroatoms. The predicted octanol–water partition coefficient (Wildman–Crippen LogP) is 3.12. The molecule has 1 aliphatic carbocycles. The minimum absolute atomic E-state index is 0.0875. The molecular weight excluding hydrogens is 210 g/mol. The topological polar surface area (TPSA) is 43.8 Å². The van der Waals surface area contributed by atoms with Gasteiger partial charge in [0.25, 0.3) is 0 Å². The van der Waals surface area contributed by atoms with Gasteiger partial charge in [0, 0.05) is 18.8 Å². The number of aromatic nitrogens is 2. The molecule has 1 saturated carbocycles. The first kappa shape index (κ1) is 12.6. The number of imidazole rings is 1. The second kappa shape index (κ2) is 5.67. The van der Waals surface area contributed by atoms with Crippen LogP contribution < -0.4 is 5.73 Å². The Hall–Kier alpha value is -0.830. The molecule has 0 spiro atoms. The summed E-state index contributed by atoms with van der Waals surface area (Å²) in [4.78, 5) is 4.22. The summed E-state index contributed by atoms with van der Waals surface area (Å²) in [5.74, 6) is 1.80. The Morgan fingerprint density at radius 2 is 2.00 bits per heavy atom. The van der Waals surface area contributed by atoms with Crippen LogP contribution >= 0.6 is 0 Å². The van der Waals surface area contributed by atoms with E-state index in [4.69, 9.17) is 5.73 Å². The van der Waals surface area contributed by atoms with Gasteiger partial charge in [-0.3, -0.25) is 0 Å². The van der Waals surface area contributed by atoms with E-state index in [-0.39, 0.29) is 6.04 Å². The molecule has 96 valence electrons. The molecule has 1 fully saturated rings. The lowest BCUT2D eigenvalue weighted by molar-refractivity contribution is 0.246. The number of nitrogens with zero attached hydrogens (tertiary/aromatic N) is 2. The molecule has 1 aliphatic rings. The van der Waals surface area contributed by atoms with Crippen LogP contribution in [0.2, 0.25) is 0 Å². The summed E-state index contributed by atoms with van der Waals surface area (Å²) in [5, 5.41) is 0. The standard InChI is InChI=1S/C14H25N3/c1-3-12-4-6-13(7-5-12)9-17-10-16-8-14(17)11(2)15/h8,10-13H,3-7,9,15H2,1-2H3. The van der Waals surface area contributed by atoms with E-state index in [0.717, 1.165) is 18.4 Å². The van der Waals surface area contributed by atoms with Gasteiger partial charge in [0.05, 0.1) is 12.0 Å². The Labute approximate surface area is 104 Å². The first-order valence-electron chi connectivity index (χ1n) is 6.96. The maximum Gasteiger partial charge on any atom is 0.0948 e. The van der Waals surface area contributed by atoms with Crippen molar-refractivity contribution in [3.8, 4) is 0 Å². The molecule has 1 aromatic heterocycles. The van der Waals surface area contributed by atoms with Gasteiger partial charge in [0.15, 0.2) is 0 Å². The number of hydrogen-bond donors (Lipinski definition) is 1. The smallest absolute Gasteiger partial charge is 0.0948 e. The number of rotatable bonds is 4. The fraction of sp³-hybridized carbons (Fsp3) is 0.786. The molecule has 0 bridgehead atoms. The minimum Gasteiger partial charge on any atom is -0.333 e. The highest BCUT2D eigenvalue weighted by Gasteiger charge is 2.21. The molecule has 17 heavy (non-hydrogen) atoms. The molecule has 2 rings (SSSR count). The zero-order chi connectivity index (χ0) is 12.3. The maximum atomic E-state index is 5.95. The van der Waals surface area contributed by atoms with Gasteiger partial charge in [0.1, 0.15) is 0 Å². The number of hydrogen-bond acceptors (Lipinski definition) is 2.